The van der Waals surface area contributed by atoms with E-state index >= 15 is 0 Å². The summed E-state index contributed by atoms with van der Waals surface area (Å²) in [6, 6.07) is 1.22. The summed E-state index contributed by atoms with van der Waals surface area (Å²) >= 11 is 0. The number of halogens is 3. The zero-order valence-corrected chi connectivity index (χ0v) is 10.3. The first kappa shape index (κ1) is 12.6. The fourth-order valence-electron chi connectivity index (χ4n) is 2.63. The van der Waals surface area contributed by atoms with Crippen LogP contribution in [0.5, 0.6) is 0 Å². The van der Waals surface area contributed by atoms with Crippen molar-refractivity contribution in [1.29, 1.82) is 0 Å². The average Bonchev–Trinajstić information content (AvgIpc) is 2.62. The van der Waals surface area contributed by atoms with Gasteiger partial charge in [-0.05, 0) is 36.3 Å². The molecule has 0 unspecified atom stereocenters. The molecule has 96 valence electrons. The van der Waals surface area contributed by atoms with E-state index in [9.17, 15) is 12.9 Å². The maximum Gasteiger partial charge on any atom is 0.544 e. The molecule has 0 bridgehead atoms. The Morgan fingerprint density at radius 2 is 1.94 bits per heavy atom. The molecule has 1 aliphatic carbocycles. The second-order valence-electron chi connectivity index (χ2n) is 5.37. The second-order valence-corrected chi connectivity index (χ2v) is 5.37. The molecule has 0 saturated heterocycles. The van der Waals surface area contributed by atoms with Gasteiger partial charge in [0.25, 0.3) is 0 Å². The van der Waals surface area contributed by atoms with Gasteiger partial charge in [-0.15, -0.1) is 0 Å². The molecule has 17 heavy (non-hydrogen) atoms. The first-order valence-corrected chi connectivity index (χ1v) is 6.14. The van der Waals surface area contributed by atoms with Gasteiger partial charge in [0.1, 0.15) is 5.76 Å². The maximum absolute atomic E-state index is 12.7. The van der Waals surface area contributed by atoms with Gasteiger partial charge in [-0.3, -0.25) is 0 Å². The van der Waals surface area contributed by atoms with Crippen LogP contribution in [0.25, 0.3) is 0 Å². The van der Waals surface area contributed by atoms with Gasteiger partial charge in [0.05, 0.1) is 0 Å². The Morgan fingerprint density at radius 3 is 2.47 bits per heavy atom. The van der Waals surface area contributed by atoms with Crippen molar-refractivity contribution in [3.05, 3.63) is 17.4 Å². The first-order valence-electron chi connectivity index (χ1n) is 6.14. The lowest BCUT2D eigenvalue weighted by Crippen LogP contribution is -2.32. The summed E-state index contributed by atoms with van der Waals surface area (Å²) in [6.07, 6.45) is 1.86. The molecule has 2 atom stereocenters. The third kappa shape index (κ3) is 2.24. The molecule has 1 heterocycles. The van der Waals surface area contributed by atoms with Crippen LogP contribution in [0.15, 0.2) is 10.5 Å². The molecular formula is C12H17BF3O-. The van der Waals surface area contributed by atoms with E-state index in [1.54, 1.807) is 0 Å². The summed E-state index contributed by atoms with van der Waals surface area (Å²) in [5, 5.41) is 0. The van der Waals surface area contributed by atoms with E-state index < -0.39 is 12.6 Å². The number of fused-ring (bicyclic) bond motifs is 1. The molecule has 0 N–H and O–H groups in total. The van der Waals surface area contributed by atoms with Gasteiger partial charge in [0, 0.05) is 11.6 Å². The minimum absolute atomic E-state index is 0.132. The van der Waals surface area contributed by atoms with E-state index in [0.717, 1.165) is 18.4 Å². The molecule has 1 aromatic rings. The lowest BCUT2D eigenvalue weighted by atomic mass is 9.76. The van der Waals surface area contributed by atoms with E-state index in [1.165, 1.54) is 6.07 Å². The maximum atomic E-state index is 12.7. The number of furan rings is 1. The molecule has 0 amide bonds. The lowest BCUT2D eigenvalue weighted by molar-refractivity contribution is 0.338. The normalized spacial score (nSPS) is 25.1. The van der Waals surface area contributed by atoms with Crippen LogP contribution in [0, 0.1) is 5.92 Å². The van der Waals surface area contributed by atoms with E-state index in [4.69, 9.17) is 4.42 Å². The highest BCUT2D eigenvalue weighted by molar-refractivity contribution is 6.72. The molecule has 0 aliphatic heterocycles. The van der Waals surface area contributed by atoms with E-state index in [1.807, 2.05) is 20.8 Å². The van der Waals surface area contributed by atoms with Crippen molar-refractivity contribution in [1.82, 2.24) is 0 Å². The molecule has 5 heteroatoms. The van der Waals surface area contributed by atoms with Gasteiger partial charge < -0.3 is 17.4 Å². The molecule has 0 aromatic carbocycles. The second kappa shape index (κ2) is 4.11. The molecule has 2 rings (SSSR count). The van der Waals surface area contributed by atoms with Crippen LogP contribution in [0.3, 0.4) is 0 Å². The van der Waals surface area contributed by atoms with E-state index in [0.29, 0.717) is 11.7 Å². The number of hydrogen-bond donors (Lipinski definition) is 0. The van der Waals surface area contributed by atoms with Crippen LogP contribution in [-0.2, 0) is 0 Å². The summed E-state index contributed by atoms with van der Waals surface area (Å²) in [4.78, 5) is 0. The SMILES string of the molecule is CC(C)[C@@H]1CC[C@@H](C)c2cc([B-](F)(F)F)oc21. The smallest absolute Gasteiger partial charge is 0.497 e. The lowest BCUT2D eigenvalue weighted by Gasteiger charge is -2.28. The Balaban J connectivity index is 2.45. The van der Waals surface area contributed by atoms with Crippen LogP contribution < -0.4 is 5.66 Å². The van der Waals surface area contributed by atoms with Crippen LogP contribution in [-0.4, -0.2) is 6.98 Å². The molecule has 0 spiro atoms. The minimum Gasteiger partial charge on any atom is -0.497 e. The van der Waals surface area contributed by atoms with E-state index in [2.05, 4.69) is 0 Å². The summed E-state index contributed by atoms with van der Waals surface area (Å²) in [6.45, 7) is 1.02. The van der Waals surface area contributed by atoms with Crippen molar-refractivity contribution in [3.8, 4) is 0 Å². The molecule has 1 aliphatic rings. The number of rotatable bonds is 2. The molecule has 0 fully saturated rings. The molecular weight excluding hydrogens is 228 g/mol. The van der Waals surface area contributed by atoms with Gasteiger partial charge in [-0.2, -0.15) is 0 Å². The van der Waals surface area contributed by atoms with Crippen molar-refractivity contribution < 1.29 is 17.4 Å². The largest absolute Gasteiger partial charge is 0.544 e. The standard InChI is InChI=1S/C12H17BF3O/c1-7(2)9-5-4-8(3)10-6-11(13(14,15)16)17-12(9)10/h6-9H,4-5H2,1-3H3/q-1/t8-,9+/m1/s1. The number of hydrogen-bond acceptors (Lipinski definition) is 1. The van der Waals surface area contributed by atoms with Crippen LogP contribution in [0.1, 0.15) is 56.8 Å². The van der Waals surface area contributed by atoms with Crippen LogP contribution in [0.2, 0.25) is 0 Å². The van der Waals surface area contributed by atoms with Crippen molar-refractivity contribution >= 4 is 12.6 Å². The predicted molar refractivity (Wildman–Crippen MR) is 62.6 cm³/mol. The van der Waals surface area contributed by atoms with Gasteiger partial charge in [0.15, 0.2) is 0 Å². The highest BCUT2D eigenvalue weighted by Gasteiger charge is 2.36. The zero-order chi connectivity index (χ0) is 12.8. The predicted octanol–water partition coefficient (Wildman–Crippen LogP) is 3.97. The third-order valence-corrected chi connectivity index (χ3v) is 3.72. The summed E-state index contributed by atoms with van der Waals surface area (Å²) in [7, 11) is 0. The highest BCUT2D eigenvalue weighted by Crippen LogP contribution is 2.42. The first-order chi connectivity index (χ1) is 7.80. The molecule has 1 aromatic heterocycles. The van der Waals surface area contributed by atoms with Crippen molar-refractivity contribution in [2.75, 3.05) is 0 Å². The van der Waals surface area contributed by atoms with Gasteiger partial charge in [-0.1, -0.05) is 20.8 Å². The fraction of sp³-hybridized carbons (Fsp3) is 0.667. The van der Waals surface area contributed by atoms with Gasteiger partial charge in [-0.25, -0.2) is 0 Å². The average molecular weight is 245 g/mol. The Morgan fingerprint density at radius 1 is 1.29 bits per heavy atom. The zero-order valence-electron chi connectivity index (χ0n) is 10.3. The van der Waals surface area contributed by atoms with Crippen molar-refractivity contribution in [2.45, 2.75) is 45.4 Å². The topological polar surface area (TPSA) is 13.1 Å². The Bertz CT molecular complexity index is 408. The van der Waals surface area contributed by atoms with Crippen molar-refractivity contribution in [3.63, 3.8) is 0 Å². The Hall–Kier alpha value is -0.865. The monoisotopic (exact) mass is 245 g/mol. The molecule has 0 saturated carbocycles. The third-order valence-electron chi connectivity index (χ3n) is 3.72. The highest BCUT2D eigenvalue weighted by atomic mass is 19.4. The van der Waals surface area contributed by atoms with Crippen LogP contribution in [0.4, 0.5) is 12.9 Å². The fourth-order valence-corrected chi connectivity index (χ4v) is 2.63. The minimum atomic E-state index is -5.02. The van der Waals surface area contributed by atoms with Gasteiger partial charge >= 0.3 is 6.98 Å². The summed E-state index contributed by atoms with van der Waals surface area (Å²) in [5.74, 6) is 1.21. The van der Waals surface area contributed by atoms with Crippen LogP contribution >= 0.6 is 0 Å². The summed E-state index contributed by atoms with van der Waals surface area (Å²) in [5.41, 5.74) is -0.0152. The Kier molecular flexibility index (Phi) is 3.04. The molecule has 1 nitrogen and oxygen atoms in total. The molecule has 0 radical (unpaired) electrons. The summed E-state index contributed by atoms with van der Waals surface area (Å²) < 4.78 is 43.2. The van der Waals surface area contributed by atoms with Gasteiger partial charge in [0.2, 0.25) is 0 Å². The Labute approximate surface area is 99.4 Å². The van der Waals surface area contributed by atoms with Crippen molar-refractivity contribution in [2.24, 2.45) is 5.92 Å². The quantitative estimate of drug-likeness (QED) is 0.718. The van der Waals surface area contributed by atoms with E-state index in [-0.39, 0.29) is 11.8 Å².